The highest BCUT2D eigenvalue weighted by Gasteiger charge is 2.44. The second-order valence-corrected chi connectivity index (χ2v) is 6.82. The van der Waals surface area contributed by atoms with E-state index in [2.05, 4.69) is 0 Å². The van der Waals surface area contributed by atoms with Gasteiger partial charge in [-0.1, -0.05) is 53.5 Å². The van der Waals surface area contributed by atoms with Crippen molar-refractivity contribution in [2.24, 2.45) is 5.73 Å². The summed E-state index contributed by atoms with van der Waals surface area (Å²) in [6, 6.07) is 13.2. The van der Waals surface area contributed by atoms with Crippen molar-refractivity contribution in [2.45, 2.75) is 5.92 Å². The van der Waals surface area contributed by atoms with Gasteiger partial charge in [-0.3, -0.25) is 9.59 Å². The summed E-state index contributed by atoms with van der Waals surface area (Å²) in [4.78, 5) is 26.1. The molecule has 7 heteroatoms. The fourth-order valence-electron chi connectivity index (χ4n) is 3.38. The molecule has 1 aliphatic carbocycles. The Balaban J connectivity index is 2.04. The Kier molecular flexibility index (Phi) is 4.03. The van der Waals surface area contributed by atoms with Crippen molar-refractivity contribution in [3.63, 3.8) is 0 Å². The zero-order chi connectivity index (χ0) is 19.3. The summed E-state index contributed by atoms with van der Waals surface area (Å²) < 4.78 is 5.42. The first kappa shape index (κ1) is 17.3. The molecule has 2 aromatic rings. The van der Waals surface area contributed by atoms with Crippen LogP contribution in [0.15, 0.2) is 65.3 Å². The van der Waals surface area contributed by atoms with Crippen molar-refractivity contribution in [2.75, 3.05) is 0 Å². The van der Waals surface area contributed by atoms with E-state index in [0.29, 0.717) is 5.56 Å². The van der Waals surface area contributed by atoms with Crippen molar-refractivity contribution < 1.29 is 14.3 Å². The van der Waals surface area contributed by atoms with Crippen LogP contribution in [-0.4, -0.2) is 11.6 Å². The van der Waals surface area contributed by atoms with Crippen LogP contribution in [-0.2, 0) is 4.74 Å². The van der Waals surface area contributed by atoms with Crippen molar-refractivity contribution in [3.05, 3.63) is 92.0 Å². The minimum Gasteiger partial charge on any atom is -0.436 e. The van der Waals surface area contributed by atoms with Crippen LogP contribution in [0, 0.1) is 11.3 Å². The molecule has 0 bridgehead atoms. The molecule has 0 fully saturated rings. The SMILES string of the molecule is N#CC1=C(N)OC2=C(C(=O)c3ccccc3C2=O)C1c1c(Cl)cccc1Cl. The Morgan fingerprint density at radius 1 is 0.963 bits per heavy atom. The molecule has 0 saturated carbocycles. The average molecular weight is 397 g/mol. The van der Waals surface area contributed by atoms with E-state index in [9.17, 15) is 14.9 Å². The van der Waals surface area contributed by atoms with Gasteiger partial charge in [0.25, 0.3) is 0 Å². The maximum absolute atomic E-state index is 13.2. The lowest BCUT2D eigenvalue weighted by Crippen LogP contribution is -2.32. The molecule has 2 aromatic carbocycles. The predicted molar refractivity (Wildman–Crippen MR) is 99.2 cm³/mol. The molecule has 5 nitrogen and oxygen atoms in total. The zero-order valence-electron chi connectivity index (χ0n) is 13.6. The number of nitrogens with zero attached hydrogens (tertiary/aromatic N) is 1. The first-order valence-corrected chi connectivity index (χ1v) is 8.65. The van der Waals surface area contributed by atoms with Gasteiger partial charge < -0.3 is 10.5 Å². The van der Waals surface area contributed by atoms with E-state index >= 15 is 0 Å². The molecule has 0 aromatic heterocycles. The number of ketones is 2. The molecule has 2 N–H and O–H groups in total. The van der Waals surface area contributed by atoms with E-state index in [4.69, 9.17) is 33.7 Å². The highest BCUT2D eigenvalue weighted by Crippen LogP contribution is 2.47. The second kappa shape index (κ2) is 6.27. The summed E-state index contributed by atoms with van der Waals surface area (Å²) in [7, 11) is 0. The number of benzene rings is 2. The number of ether oxygens (including phenoxy) is 1. The van der Waals surface area contributed by atoms with Crippen LogP contribution in [0.5, 0.6) is 0 Å². The van der Waals surface area contributed by atoms with E-state index in [1.807, 2.05) is 6.07 Å². The Hall–Kier alpha value is -3.07. The van der Waals surface area contributed by atoms with Gasteiger partial charge >= 0.3 is 0 Å². The van der Waals surface area contributed by atoms with Gasteiger partial charge in [-0.2, -0.15) is 5.26 Å². The molecule has 1 aliphatic heterocycles. The number of nitrogens with two attached hydrogens (primary N) is 1. The topological polar surface area (TPSA) is 93.2 Å². The van der Waals surface area contributed by atoms with E-state index in [-0.39, 0.29) is 44.0 Å². The zero-order valence-corrected chi connectivity index (χ0v) is 15.1. The monoisotopic (exact) mass is 396 g/mol. The van der Waals surface area contributed by atoms with Crippen LogP contribution in [0.25, 0.3) is 0 Å². The average Bonchev–Trinajstić information content (AvgIpc) is 2.65. The molecule has 0 radical (unpaired) electrons. The van der Waals surface area contributed by atoms with Crippen molar-refractivity contribution in [3.8, 4) is 6.07 Å². The third kappa shape index (κ3) is 2.46. The van der Waals surface area contributed by atoms with Crippen LogP contribution in [0.2, 0.25) is 10.0 Å². The molecule has 1 atom stereocenters. The van der Waals surface area contributed by atoms with Crippen LogP contribution >= 0.6 is 23.2 Å². The Labute approximate surface area is 164 Å². The van der Waals surface area contributed by atoms with Crippen LogP contribution < -0.4 is 5.73 Å². The third-order valence-corrected chi connectivity index (χ3v) is 5.23. The largest absolute Gasteiger partial charge is 0.436 e. The highest BCUT2D eigenvalue weighted by atomic mass is 35.5. The molecule has 1 unspecified atom stereocenters. The summed E-state index contributed by atoms with van der Waals surface area (Å²) in [6.45, 7) is 0. The number of hydrogen-bond donors (Lipinski definition) is 1. The van der Waals surface area contributed by atoms with Gasteiger partial charge in [-0.05, 0) is 12.1 Å². The van der Waals surface area contributed by atoms with Gasteiger partial charge in [-0.15, -0.1) is 0 Å². The van der Waals surface area contributed by atoms with Crippen molar-refractivity contribution in [1.29, 1.82) is 5.26 Å². The molecular weight excluding hydrogens is 387 g/mol. The summed E-state index contributed by atoms with van der Waals surface area (Å²) >= 11 is 12.7. The number of rotatable bonds is 1. The molecule has 1 heterocycles. The molecule has 0 amide bonds. The Morgan fingerprint density at radius 2 is 1.56 bits per heavy atom. The van der Waals surface area contributed by atoms with E-state index in [1.54, 1.807) is 42.5 Å². The molecule has 132 valence electrons. The summed E-state index contributed by atoms with van der Waals surface area (Å²) in [5, 5.41) is 10.1. The summed E-state index contributed by atoms with van der Waals surface area (Å²) in [5.41, 5.74) is 6.68. The second-order valence-electron chi connectivity index (χ2n) is 6.01. The van der Waals surface area contributed by atoms with Crippen molar-refractivity contribution >= 4 is 34.8 Å². The number of halogens is 2. The number of nitriles is 1. The van der Waals surface area contributed by atoms with Gasteiger partial charge in [0.05, 0.1) is 11.5 Å². The summed E-state index contributed by atoms with van der Waals surface area (Å²) in [5.74, 6) is -2.35. The van der Waals surface area contributed by atoms with Gasteiger partial charge in [-0.25, -0.2) is 0 Å². The number of carbonyl (C=O) groups excluding carboxylic acids is 2. The first-order valence-electron chi connectivity index (χ1n) is 7.89. The van der Waals surface area contributed by atoms with E-state index in [0.717, 1.165) is 0 Å². The maximum Gasteiger partial charge on any atom is 0.229 e. The van der Waals surface area contributed by atoms with Crippen LogP contribution in [0.4, 0.5) is 0 Å². The minimum atomic E-state index is -0.996. The van der Waals surface area contributed by atoms with Crippen LogP contribution in [0.3, 0.4) is 0 Å². The lowest BCUT2D eigenvalue weighted by Gasteiger charge is -2.31. The minimum absolute atomic E-state index is 0.0134. The standard InChI is InChI=1S/C20H10Cl2N2O3/c21-12-6-3-7-13(22)15(12)14-11(8-23)20(24)27-19-16(14)17(25)9-4-1-2-5-10(9)18(19)26/h1-7,14H,24H2. The van der Waals surface area contributed by atoms with E-state index in [1.165, 1.54) is 0 Å². The normalized spacial score (nSPS) is 18.6. The number of carbonyl (C=O) groups is 2. The number of allylic oxidation sites excluding steroid dienone is 3. The predicted octanol–water partition coefficient (Wildman–Crippen LogP) is 4.13. The Morgan fingerprint density at radius 3 is 2.15 bits per heavy atom. The molecule has 2 aliphatic rings. The first-order chi connectivity index (χ1) is 13.0. The van der Waals surface area contributed by atoms with Crippen LogP contribution in [0.1, 0.15) is 32.2 Å². The molecule has 27 heavy (non-hydrogen) atoms. The van der Waals surface area contributed by atoms with Gasteiger partial charge in [0, 0.05) is 26.7 Å². The van der Waals surface area contributed by atoms with E-state index < -0.39 is 17.5 Å². The fourth-order valence-corrected chi connectivity index (χ4v) is 4.00. The Bertz CT molecular complexity index is 1120. The maximum atomic E-state index is 13.2. The molecule has 4 rings (SSSR count). The smallest absolute Gasteiger partial charge is 0.229 e. The fraction of sp³-hybridized carbons (Fsp3) is 0.0500. The lowest BCUT2D eigenvalue weighted by atomic mass is 9.75. The third-order valence-electron chi connectivity index (χ3n) is 4.58. The van der Waals surface area contributed by atoms with Gasteiger partial charge in [0.1, 0.15) is 11.6 Å². The van der Waals surface area contributed by atoms with Gasteiger partial charge in [0.2, 0.25) is 11.7 Å². The quantitative estimate of drug-likeness (QED) is 0.781. The van der Waals surface area contributed by atoms with Gasteiger partial charge in [0.15, 0.2) is 11.5 Å². The molecular formula is C20H10Cl2N2O3. The highest BCUT2D eigenvalue weighted by molar-refractivity contribution is 6.36. The van der Waals surface area contributed by atoms with Crippen molar-refractivity contribution in [1.82, 2.24) is 0 Å². The lowest BCUT2D eigenvalue weighted by molar-refractivity contribution is 0.0897. The molecule has 0 spiro atoms. The summed E-state index contributed by atoms with van der Waals surface area (Å²) in [6.07, 6.45) is 0. The molecule has 0 saturated heterocycles. The number of Topliss-reactive ketones (excluding diaryl/α,β-unsaturated/α-hetero) is 2. The number of hydrogen-bond acceptors (Lipinski definition) is 5. The number of fused-ring (bicyclic) bond motifs is 1.